The fourth-order valence-corrected chi connectivity index (χ4v) is 3.19. The smallest absolute Gasteiger partial charge is 0.263 e. The van der Waals surface area contributed by atoms with Crippen molar-refractivity contribution in [3.05, 3.63) is 68.7 Å². The monoisotopic (exact) mass is 420 g/mol. The molecule has 1 aliphatic rings. The van der Waals surface area contributed by atoms with Crippen molar-refractivity contribution in [3.63, 3.8) is 0 Å². The number of aryl methyl sites for hydroxylation is 1. The quantitative estimate of drug-likeness (QED) is 0.448. The maximum atomic E-state index is 12.1. The lowest BCUT2D eigenvalue weighted by molar-refractivity contribution is -0.123. The predicted molar refractivity (Wildman–Crippen MR) is 109 cm³/mol. The fraction of sp³-hybridized carbons (Fsp3) is 0.105. The molecular weight excluding hydrogens is 407 g/mol. The molecule has 2 N–H and O–H groups in total. The van der Waals surface area contributed by atoms with Gasteiger partial charge in [-0.05, 0) is 42.9 Å². The number of carbonyl (C=O) groups is 2. The van der Waals surface area contributed by atoms with E-state index in [0.717, 1.165) is 11.1 Å². The van der Waals surface area contributed by atoms with Crippen molar-refractivity contribution in [2.75, 3.05) is 0 Å². The van der Waals surface area contributed by atoms with Gasteiger partial charge in [0, 0.05) is 10.6 Å². The Labute approximate surface area is 171 Å². The zero-order chi connectivity index (χ0) is 19.6. The molecule has 5 nitrogen and oxygen atoms in total. The number of nitrogens with one attached hydrogen (secondary N) is 2. The first-order valence-corrected chi connectivity index (χ1v) is 9.05. The van der Waals surface area contributed by atoms with Crippen molar-refractivity contribution >= 4 is 58.4 Å². The number of hydrogen-bond acceptors (Lipinski definition) is 4. The van der Waals surface area contributed by atoms with Gasteiger partial charge in [-0.25, -0.2) is 0 Å². The van der Waals surface area contributed by atoms with E-state index in [1.165, 1.54) is 12.1 Å². The molecule has 0 aliphatic carbocycles. The van der Waals surface area contributed by atoms with Crippen LogP contribution in [-0.2, 0) is 16.2 Å². The summed E-state index contributed by atoms with van der Waals surface area (Å²) in [5, 5.41) is 5.34. The highest BCUT2D eigenvalue weighted by atomic mass is 35.5. The molecule has 1 saturated heterocycles. The Kier molecular flexibility index (Phi) is 5.79. The molecule has 2 aromatic carbocycles. The summed E-state index contributed by atoms with van der Waals surface area (Å²) in [4.78, 5) is 24.2. The van der Waals surface area contributed by atoms with E-state index in [9.17, 15) is 9.59 Å². The molecule has 0 radical (unpaired) electrons. The van der Waals surface area contributed by atoms with Crippen LogP contribution in [0, 0.1) is 6.92 Å². The van der Waals surface area contributed by atoms with Gasteiger partial charge in [-0.3, -0.25) is 20.2 Å². The van der Waals surface area contributed by atoms with E-state index in [4.69, 9.17) is 40.2 Å². The average Bonchev–Trinajstić information content (AvgIpc) is 2.58. The minimum Gasteiger partial charge on any atom is -0.487 e. The summed E-state index contributed by atoms with van der Waals surface area (Å²) in [5.74, 6) is -0.892. The van der Waals surface area contributed by atoms with Gasteiger partial charge in [-0.15, -0.1) is 0 Å². The third-order valence-electron chi connectivity index (χ3n) is 3.78. The van der Waals surface area contributed by atoms with Crippen molar-refractivity contribution in [1.82, 2.24) is 10.6 Å². The second kappa shape index (κ2) is 8.08. The van der Waals surface area contributed by atoms with Crippen LogP contribution >= 0.6 is 35.4 Å². The van der Waals surface area contributed by atoms with Gasteiger partial charge in [-0.2, -0.15) is 0 Å². The van der Waals surface area contributed by atoms with Crippen molar-refractivity contribution in [2.45, 2.75) is 13.5 Å². The maximum absolute atomic E-state index is 12.1. The fourth-order valence-electron chi connectivity index (χ4n) is 2.44. The van der Waals surface area contributed by atoms with Crippen LogP contribution in [-0.4, -0.2) is 16.9 Å². The van der Waals surface area contributed by atoms with Crippen LogP contribution in [0.25, 0.3) is 6.08 Å². The van der Waals surface area contributed by atoms with Gasteiger partial charge in [0.05, 0.1) is 5.02 Å². The summed E-state index contributed by atoms with van der Waals surface area (Å²) in [6, 6.07) is 10.9. The SMILES string of the molecule is Cc1ccc(COc2c(Cl)cc(Cl)cc2C=C2C(=O)NC(=S)NC2=O)cc1. The number of amides is 2. The van der Waals surface area contributed by atoms with Gasteiger partial charge >= 0.3 is 0 Å². The van der Waals surface area contributed by atoms with Gasteiger partial charge in [0.15, 0.2) is 5.11 Å². The van der Waals surface area contributed by atoms with E-state index in [0.29, 0.717) is 16.3 Å². The van der Waals surface area contributed by atoms with Crippen molar-refractivity contribution in [1.29, 1.82) is 0 Å². The molecule has 0 unspecified atom stereocenters. The van der Waals surface area contributed by atoms with Crippen molar-refractivity contribution in [2.24, 2.45) is 0 Å². The van der Waals surface area contributed by atoms with Gasteiger partial charge in [-0.1, -0.05) is 53.0 Å². The molecule has 0 saturated carbocycles. The number of carbonyl (C=O) groups excluding carboxylic acids is 2. The third kappa shape index (κ3) is 4.66. The van der Waals surface area contributed by atoms with Crippen LogP contribution in [0.1, 0.15) is 16.7 Å². The van der Waals surface area contributed by atoms with Gasteiger partial charge < -0.3 is 4.74 Å². The van der Waals surface area contributed by atoms with Crippen molar-refractivity contribution < 1.29 is 14.3 Å². The van der Waals surface area contributed by atoms with E-state index in [-0.39, 0.29) is 22.3 Å². The lowest BCUT2D eigenvalue weighted by Crippen LogP contribution is -2.51. The highest BCUT2D eigenvalue weighted by Crippen LogP contribution is 2.34. The first-order chi connectivity index (χ1) is 12.8. The maximum Gasteiger partial charge on any atom is 0.263 e. The minimum absolute atomic E-state index is 0.0397. The van der Waals surface area contributed by atoms with Gasteiger partial charge in [0.1, 0.15) is 17.9 Å². The number of ether oxygens (including phenoxy) is 1. The van der Waals surface area contributed by atoms with E-state index >= 15 is 0 Å². The molecule has 2 aromatic rings. The minimum atomic E-state index is -0.607. The zero-order valence-electron chi connectivity index (χ0n) is 14.1. The summed E-state index contributed by atoms with van der Waals surface area (Å²) in [6.45, 7) is 2.26. The van der Waals surface area contributed by atoms with Crippen LogP contribution in [0.4, 0.5) is 0 Å². The molecule has 138 valence electrons. The number of benzene rings is 2. The van der Waals surface area contributed by atoms with E-state index in [1.54, 1.807) is 6.07 Å². The Morgan fingerprint density at radius 1 is 1.07 bits per heavy atom. The number of hydrogen-bond donors (Lipinski definition) is 2. The highest BCUT2D eigenvalue weighted by molar-refractivity contribution is 7.80. The van der Waals surface area contributed by atoms with Gasteiger partial charge in [0.2, 0.25) is 0 Å². The normalized spacial score (nSPS) is 13.9. The van der Waals surface area contributed by atoms with Gasteiger partial charge in [0.25, 0.3) is 11.8 Å². The Balaban J connectivity index is 1.94. The molecule has 2 amide bonds. The summed E-state index contributed by atoms with van der Waals surface area (Å²) in [6.07, 6.45) is 1.37. The predicted octanol–water partition coefficient (Wildman–Crippen LogP) is 3.80. The molecule has 0 atom stereocenters. The van der Waals surface area contributed by atoms with Crippen LogP contribution in [0.3, 0.4) is 0 Å². The lowest BCUT2D eigenvalue weighted by atomic mass is 10.1. The molecule has 0 bridgehead atoms. The second-order valence-electron chi connectivity index (χ2n) is 5.88. The van der Waals surface area contributed by atoms with E-state index in [1.807, 2.05) is 31.2 Å². The number of rotatable bonds is 4. The molecule has 27 heavy (non-hydrogen) atoms. The molecule has 8 heteroatoms. The molecule has 1 fully saturated rings. The number of halogens is 2. The Hall–Kier alpha value is -2.41. The Bertz CT molecular complexity index is 950. The second-order valence-corrected chi connectivity index (χ2v) is 7.13. The van der Waals surface area contributed by atoms with Crippen LogP contribution in [0.2, 0.25) is 10.0 Å². The summed E-state index contributed by atoms with van der Waals surface area (Å²) >= 11 is 17.1. The zero-order valence-corrected chi connectivity index (χ0v) is 16.5. The first-order valence-electron chi connectivity index (χ1n) is 7.89. The van der Waals surface area contributed by atoms with Crippen molar-refractivity contribution in [3.8, 4) is 5.75 Å². The third-order valence-corrected chi connectivity index (χ3v) is 4.49. The molecule has 0 aromatic heterocycles. The van der Waals surface area contributed by atoms with Crippen LogP contribution in [0.15, 0.2) is 42.0 Å². The molecule has 1 heterocycles. The molecule has 3 rings (SSSR count). The molecular formula is C19H14Cl2N2O3S. The average molecular weight is 421 g/mol. The first kappa shape index (κ1) is 19.4. The Morgan fingerprint density at radius 2 is 1.70 bits per heavy atom. The Morgan fingerprint density at radius 3 is 2.33 bits per heavy atom. The summed E-state index contributed by atoms with van der Waals surface area (Å²) in [5.41, 5.74) is 2.37. The summed E-state index contributed by atoms with van der Waals surface area (Å²) in [7, 11) is 0. The topological polar surface area (TPSA) is 67.4 Å². The highest BCUT2D eigenvalue weighted by Gasteiger charge is 2.26. The van der Waals surface area contributed by atoms with E-state index in [2.05, 4.69) is 10.6 Å². The largest absolute Gasteiger partial charge is 0.487 e. The van der Waals surface area contributed by atoms with Crippen LogP contribution in [0.5, 0.6) is 5.75 Å². The lowest BCUT2D eigenvalue weighted by Gasteiger charge is -2.17. The molecule has 0 spiro atoms. The standard InChI is InChI=1S/C19H14Cl2N2O3S/c1-10-2-4-11(5-3-10)9-26-16-12(6-13(20)8-15(16)21)7-14-17(24)22-19(27)23-18(14)25/h2-8H,9H2,1H3,(H2,22,23,24,25,27). The molecule has 1 aliphatic heterocycles. The van der Waals surface area contributed by atoms with Crippen LogP contribution < -0.4 is 15.4 Å². The summed E-state index contributed by atoms with van der Waals surface area (Å²) < 4.78 is 5.86. The van der Waals surface area contributed by atoms with E-state index < -0.39 is 11.8 Å². The number of thiocarbonyl (C=S) groups is 1.